The first-order chi connectivity index (χ1) is 9.27. The van der Waals surface area contributed by atoms with Crippen molar-refractivity contribution < 1.29 is 4.79 Å². The second-order valence-corrected chi connectivity index (χ2v) is 4.09. The lowest BCUT2D eigenvalue weighted by atomic mass is 10.2. The Kier molecular flexibility index (Phi) is 7.06. The van der Waals surface area contributed by atoms with Crippen molar-refractivity contribution in [2.75, 3.05) is 12.4 Å². The fourth-order valence-corrected chi connectivity index (χ4v) is 1.42. The minimum atomic E-state index is -0.397. The molecule has 6 heteroatoms. The molecule has 5 nitrogen and oxygen atoms in total. The summed E-state index contributed by atoms with van der Waals surface area (Å²) in [5.41, 5.74) is 1.01. The number of carbonyl (C=O) groups is 1. The molecule has 0 aromatic carbocycles. The van der Waals surface area contributed by atoms with Gasteiger partial charge in [-0.3, -0.25) is 9.78 Å². The molecule has 0 unspecified atom stereocenters. The fraction of sp³-hybridized carbons (Fsp3) is 0.308. The maximum absolute atomic E-state index is 11.6. The number of carbonyl (C=O) groups excluding carboxylic acids is 1. The van der Waals surface area contributed by atoms with Gasteiger partial charge in [0, 0.05) is 37.6 Å². The van der Waals surface area contributed by atoms with Gasteiger partial charge in [0.15, 0.2) is 0 Å². The summed E-state index contributed by atoms with van der Waals surface area (Å²) in [4.78, 5) is 15.6. The summed E-state index contributed by atoms with van der Waals surface area (Å²) in [5, 5.41) is 14.4. The van der Waals surface area contributed by atoms with Gasteiger partial charge >= 0.3 is 0 Å². The second kappa shape index (κ2) is 8.95. The molecule has 1 aromatic heterocycles. The molecule has 0 saturated carbocycles. The zero-order valence-corrected chi connectivity index (χ0v) is 11.2. The number of nitriles is 1. The van der Waals surface area contributed by atoms with E-state index in [4.69, 9.17) is 16.9 Å². The first kappa shape index (κ1) is 15.0. The van der Waals surface area contributed by atoms with Gasteiger partial charge < -0.3 is 10.6 Å². The molecule has 0 radical (unpaired) electrons. The Morgan fingerprint density at radius 2 is 2.42 bits per heavy atom. The average Bonchev–Trinajstić information content (AvgIpc) is 2.45. The Morgan fingerprint density at radius 3 is 3.05 bits per heavy atom. The van der Waals surface area contributed by atoms with E-state index < -0.39 is 5.91 Å². The van der Waals surface area contributed by atoms with Gasteiger partial charge in [0.25, 0.3) is 5.91 Å². The van der Waals surface area contributed by atoms with Crippen molar-refractivity contribution in [3.8, 4) is 6.07 Å². The molecule has 0 aliphatic carbocycles. The largest absolute Gasteiger partial charge is 0.386 e. The van der Waals surface area contributed by atoms with Gasteiger partial charge in [0.05, 0.1) is 0 Å². The van der Waals surface area contributed by atoms with E-state index in [-0.39, 0.29) is 5.57 Å². The highest BCUT2D eigenvalue weighted by atomic mass is 35.5. The number of rotatable bonds is 7. The third-order valence-electron chi connectivity index (χ3n) is 2.24. The third kappa shape index (κ3) is 5.89. The van der Waals surface area contributed by atoms with Crippen LogP contribution in [0.5, 0.6) is 0 Å². The van der Waals surface area contributed by atoms with Crippen LogP contribution in [0, 0.1) is 11.3 Å². The Balaban J connectivity index is 2.44. The van der Waals surface area contributed by atoms with Crippen LogP contribution in [0.4, 0.5) is 0 Å². The molecule has 1 aromatic rings. The van der Waals surface area contributed by atoms with Gasteiger partial charge in [-0.25, -0.2) is 0 Å². The van der Waals surface area contributed by atoms with Crippen LogP contribution < -0.4 is 10.6 Å². The highest BCUT2D eigenvalue weighted by Crippen LogP contribution is 1.96. The van der Waals surface area contributed by atoms with Crippen molar-refractivity contribution >= 4 is 17.5 Å². The van der Waals surface area contributed by atoms with E-state index in [2.05, 4.69) is 15.6 Å². The van der Waals surface area contributed by atoms with Gasteiger partial charge in [-0.05, 0) is 18.1 Å². The molecule has 0 fully saturated rings. The summed E-state index contributed by atoms with van der Waals surface area (Å²) in [7, 11) is 0. The molecular formula is C13H15ClN4O. The second-order valence-electron chi connectivity index (χ2n) is 3.71. The lowest BCUT2D eigenvalue weighted by Crippen LogP contribution is -2.26. The van der Waals surface area contributed by atoms with E-state index in [9.17, 15) is 4.79 Å². The fourth-order valence-electron chi connectivity index (χ4n) is 1.29. The Bertz CT molecular complexity index is 467. The maximum Gasteiger partial charge on any atom is 0.263 e. The summed E-state index contributed by atoms with van der Waals surface area (Å²) in [6, 6.07) is 5.58. The highest BCUT2D eigenvalue weighted by molar-refractivity contribution is 6.17. The predicted molar refractivity (Wildman–Crippen MR) is 73.1 cm³/mol. The van der Waals surface area contributed by atoms with E-state index in [1.54, 1.807) is 12.4 Å². The van der Waals surface area contributed by atoms with Crippen molar-refractivity contribution in [2.45, 2.75) is 13.0 Å². The van der Waals surface area contributed by atoms with Crippen molar-refractivity contribution in [3.63, 3.8) is 0 Å². The van der Waals surface area contributed by atoms with Gasteiger partial charge in [0.2, 0.25) is 0 Å². The zero-order chi connectivity index (χ0) is 13.9. The molecule has 0 atom stereocenters. The molecule has 2 N–H and O–H groups in total. The molecule has 1 rings (SSSR count). The van der Waals surface area contributed by atoms with Crippen LogP contribution in [-0.4, -0.2) is 23.3 Å². The molecule has 1 heterocycles. The van der Waals surface area contributed by atoms with Crippen LogP contribution in [0.3, 0.4) is 0 Å². The lowest BCUT2D eigenvalue weighted by Gasteiger charge is -2.04. The number of halogens is 1. The van der Waals surface area contributed by atoms with Crippen molar-refractivity contribution in [1.29, 1.82) is 5.26 Å². The molecular weight excluding hydrogens is 264 g/mol. The van der Waals surface area contributed by atoms with Crippen molar-refractivity contribution in [3.05, 3.63) is 41.9 Å². The Labute approximate surface area is 117 Å². The number of amides is 1. The molecule has 0 spiro atoms. The lowest BCUT2D eigenvalue weighted by molar-refractivity contribution is -0.117. The normalized spacial score (nSPS) is 10.6. The minimum Gasteiger partial charge on any atom is -0.386 e. The number of aromatic nitrogens is 1. The first-order valence-electron chi connectivity index (χ1n) is 5.84. The highest BCUT2D eigenvalue weighted by Gasteiger charge is 2.07. The summed E-state index contributed by atoms with van der Waals surface area (Å²) >= 11 is 5.50. The van der Waals surface area contributed by atoms with E-state index in [0.717, 1.165) is 5.56 Å². The van der Waals surface area contributed by atoms with Gasteiger partial charge in [-0.1, -0.05) is 6.07 Å². The predicted octanol–water partition coefficient (Wildman–Crippen LogP) is 1.32. The van der Waals surface area contributed by atoms with Crippen LogP contribution in [0.2, 0.25) is 0 Å². The smallest absolute Gasteiger partial charge is 0.263 e. The number of alkyl halides is 1. The van der Waals surface area contributed by atoms with E-state index in [1.165, 1.54) is 6.20 Å². The Hall–Kier alpha value is -2.06. The molecule has 0 saturated heterocycles. The number of pyridine rings is 1. The SMILES string of the molecule is N#C/C(=C/NCc1cccnc1)C(=O)NCCCCl. The van der Waals surface area contributed by atoms with Crippen molar-refractivity contribution in [2.24, 2.45) is 0 Å². The molecule has 0 aliphatic rings. The zero-order valence-electron chi connectivity index (χ0n) is 10.4. The summed E-state index contributed by atoms with van der Waals surface area (Å²) in [5.74, 6) is 0.0804. The summed E-state index contributed by atoms with van der Waals surface area (Å²) < 4.78 is 0. The van der Waals surface area contributed by atoms with Crippen LogP contribution in [0.25, 0.3) is 0 Å². The number of nitrogens with one attached hydrogen (secondary N) is 2. The summed E-state index contributed by atoms with van der Waals surface area (Å²) in [6.45, 7) is 0.970. The molecule has 100 valence electrons. The van der Waals surface area contributed by atoms with Gasteiger partial charge in [-0.2, -0.15) is 5.26 Å². The first-order valence-corrected chi connectivity index (χ1v) is 6.38. The third-order valence-corrected chi connectivity index (χ3v) is 2.50. The van der Waals surface area contributed by atoms with Crippen molar-refractivity contribution in [1.82, 2.24) is 15.6 Å². The van der Waals surface area contributed by atoms with Gasteiger partial charge in [0.1, 0.15) is 11.6 Å². The summed E-state index contributed by atoms with van der Waals surface area (Å²) in [6.07, 6.45) is 5.48. The minimum absolute atomic E-state index is 0.0402. The topological polar surface area (TPSA) is 77.8 Å². The number of nitrogens with zero attached hydrogens (tertiary/aromatic N) is 2. The van der Waals surface area contributed by atoms with Crippen LogP contribution >= 0.6 is 11.6 Å². The number of hydrogen-bond acceptors (Lipinski definition) is 4. The van der Waals surface area contributed by atoms with E-state index in [1.807, 2.05) is 18.2 Å². The standard InChI is InChI=1S/C13H15ClN4O/c14-4-2-6-18-13(19)12(7-15)10-17-9-11-3-1-5-16-8-11/h1,3,5,8,10,17H,2,4,6,9H2,(H,18,19)/b12-10-. The van der Waals surface area contributed by atoms with Crippen LogP contribution in [0.15, 0.2) is 36.3 Å². The molecule has 0 aliphatic heterocycles. The maximum atomic E-state index is 11.6. The Morgan fingerprint density at radius 1 is 1.58 bits per heavy atom. The van der Waals surface area contributed by atoms with E-state index >= 15 is 0 Å². The van der Waals surface area contributed by atoms with Crippen LogP contribution in [0.1, 0.15) is 12.0 Å². The average molecular weight is 279 g/mol. The van der Waals surface area contributed by atoms with Gasteiger partial charge in [-0.15, -0.1) is 11.6 Å². The monoisotopic (exact) mass is 278 g/mol. The van der Waals surface area contributed by atoms with Crippen LogP contribution in [-0.2, 0) is 11.3 Å². The quantitative estimate of drug-likeness (QED) is 0.341. The van der Waals surface area contributed by atoms with E-state index in [0.29, 0.717) is 25.4 Å². The molecule has 1 amide bonds. The molecule has 0 bridgehead atoms. The number of hydrogen-bond donors (Lipinski definition) is 2. The molecule has 19 heavy (non-hydrogen) atoms.